The fourth-order valence-corrected chi connectivity index (χ4v) is 3.97. The minimum atomic E-state index is -4.46. The van der Waals surface area contributed by atoms with E-state index in [2.05, 4.69) is 20.4 Å². The summed E-state index contributed by atoms with van der Waals surface area (Å²) in [5.41, 5.74) is 0.0700. The fraction of sp³-hybridized carbons (Fsp3) is 0.375. The third-order valence-electron chi connectivity index (χ3n) is 5.88. The molecule has 1 saturated heterocycles. The number of alkyl halides is 3. The van der Waals surface area contributed by atoms with Crippen LogP contribution in [0.15, 0.2) is 47.0 Å². The molecule has 2 aromatic carbocycles. The van der Waals surface area contributed by atoms with Crippen LogP contribution in [0.4, 0.5) is 18.9 Å². The molecular formula is C24H25F3N4O4. The third kappa shape index (κ3) is 5.91. The van der Waals surface area contributed by atoms with Gasteiger partial charge in [-0.25, -0.2) is 0 Å². The molecule has 1 fully saturated rings. The molecule has 0 radical (unpaired) electrons. The molecule has 11 heteroatoms. The van der Waals surface area contributed by atoms with Crippen molar-refractivity contribution in [2.75, 3.05) is 32.6 Å². The van der Waals surface area contributed by atoms with Gasteiger partial charge in [0.05, 0.1) is 26.3 Å². The summed E-state index contributed by atoms with van der Waals surface area (Å²) in [4.78, 5) is 19.1. The molecular weight excluding hydrogens is 465 g/mol. The third-order valence-corrected chi connectivity index (χ3v) is 5.88. The first-order chi connectivity index (χ1) is 16.8. The molecule has 1 aromatic heterocycles. The van der Waals surface area contributed by atoms with Gasteiger partial charge in [-0.3, -0.25) is 9.69 Å². The summed E-state index contributed by atoms with van der Waals surface area (Å²) in [6.45, 7) is 1.67. The van der Waals surface area contributed by atoms with Crippen LogP contribution in [0, 0.1) is 5.92 Å². The molecule has 0 unspecified atom stereocenters. The lowest BCUT2D eigenvalue weighted by Gasteiger charge is -2.30. The Balaban J connectivity index is 1.31. The molecule has 0 saturated carbocycles. The van der Waals surface area contributed by atoms with Gasteiger partial charge in [-0.05, 0) is 62.3 Å². The van der Waals surface area contributed by atoms with Crippen LogP contribution < -0.4 is 14.8 Å². The van der Waals surface area contributed by atoms with Crippen LogP contribution in [0.5, 0.6) is 11.5 Å². The molecule has 186 valence electrons. The lowest BCUT2D eigenvalue weighted by Crippen LogP contribution is -2.37. The van der Waals surface area contributed by atoms with E-state index < -0.39 is 11.7 Å². The van der Waals surface area contributed by atoms with Gasteiger partial charge in [0, 0.05) is 17.2 Å². The Hall–Kier alpha value is -3.60. The first-order valence-corrected chi connectivity index (χ1v) is 11.0. The molecule has 0 bridgehead atoms. The average Bonchev–Trinajstić information content (AvgIpc) is 3.32. The van der Waals surface area contributed by atoms with Gasteiger partial charge < -0.3 is 19.3 Å². The Morgan fingerprint density at radius 1 is 1.11 bits per heavy atom. The highest BCUT2D eigenvalue weighted by molar-refractivity contribution is 5.92. The molecule has 3 aromatic rings. The summed E-state index contributed by atoms with van der Waals surface area (Å²) >= 11 is 0. The van der Waals surface area contributed by atoms with Crippen LogP contribution in [-0.4, -0.2) is 48.3 Å². The minimum Gasteiger partial charge on any atom is -0.493 e. The number of nitrogens with zero attached hydrogens (tertiary/aromatic N) is 3. The summed E-state index contributed by atoms with van der Waals surface area (Å²) in [5, 5.41) is 6.65. The quantitative estimate of drug-likeness (QED) is 0.517. The molecule has 35 heavy (non-hydrogen) atoms. The maximum Gasteiger partial charge on any atom is 0.416 e. The van der Waals surface area contributed by atoms with Crippen LogP contribution in [0.1, 0.15) is 24.3 Å². The first-order valence-electron chi connectivity index (χ1n) is 11.0. The number of halogens is 3. The van der Waals surface area contributed by atoms with E-state index in [0.717, 1.165) is 17.7 Å². The zero-order valence-corrected chi connectivity index (χ0v) is 19.3. The Labute approximate surface area is 200 Å². The van der Waals surface area contributed by atoms with Crippen LogP contribution in [0.2, 0.25) is 0 Å². The van der Waals surface area contributed by atoms with E-state index in [-0.39, 0.29) is 17.5 Å². The number of piperidine rings is 1. The number of nitrogens with one attached hydrogen (secondary N) is 1. The number of likely N-dealkylation sites (tertiary alicyclic amines) is 1. The smallest absolute Gasteiger partial charge is 0.416 e. The van der Waals surface area contributed by atoms with Gasteiger partial charge in [0.25, 0.3) is 0 Å². The fourth-order valence-electron chi connectivity index (χ4n) is 3.97. The van der Waals surface area contributed by atoms with Crippen molar-refractivity contribution in [3.05, 3.63) is 53.9 Å². The molecule has 0 atom stereocenters. The van der Waals surface area contributed by atoms with Crippen molar-refractivity contribution in [2.45, 2.75) is 25.6 Å². The highest BCUT2D eigenvalue weighted by atomic mass is 19.4. The van der Waals surface area contributed by atoms with Gasteiger partial charge in [-0.15, -0.1) is 0 Å². The number of aromatic nitrogens is 2. The van der Waals surface area contributed by atoms with Gasteiger partial charge in [0.15, 0.2) is 11.5 Å². The summed E-state index contributed by atoms with van der Waals surface area (Å²) in [5.74, 6) is 1.46. The standard InChI is InChI=1S/C24H25F3N4O4/c1-33-19-7-6-16(12-20(19)34-2)22-29-21(35-30-22)14-31-10-8-15(9-11-31)23(32)28-18-5-3-4-17(13-18)24(25,26)27/h3-7,12-13,15H,8-11,14H2,1-2H3,(H,28,32). The summed E-state index contributed by atoms with van der Waals surface area (Å²) in [6.07, 6.45) is -3.32. The average molecular weight is 490 g/mol. The molecule has 4 rings (SSSR count). The van der Waals surface area contributed by atoms with Crippen LogP contribution in [0.3, 0.4) is 0 Å². The number of benzene rings is 2. The number of hydrogen-bond donors (Lipinski definition) is 1. The molecule has 0 spiro atoms. The zero-order chi connectivity index (χ0) is 25.0. The number of anilines is 1. The van der Waals surface area contributed by atoms with E-state index in [4.69, 9.17) is 14.0 Å². The first kappa shape index (κ1) is 24.5. The number of hydrogen-bond acceptors (Lipinski definition) is 7. The van der Waals surface area contributed by atoms with Crippen molar-refractivity contribution >= 4 is 11.6 Å². The number of carbonyl (C=O) groups is 1. The molecule has 1 N–H and O–H groups in total. The van der Waals surface area contributed by atoms with E-state index in [1.54, 1.807) is 26.4 Å². The minimum absolute atomic E-state index is 0.140. The summed E-state index contributed by atoms with van der Waals surface area (Å²) in [7, 11) is 3.11. The van der Waals surface area contributed by atoms with Crippen molar-refractivity contribution < 1.29 is 32.0 Å². The Bertz CT molecular complexity index is 1170. The van der Waals surface area contributed by atoms with E-state index in [9.17, 15) is 18.0 Å². The maximum atomic E-state index is 12.9. The number of amides is 1. The monoisotopic (exact) mass is 490 g/mol. The molecule has 8 nitrogen and oxygen atoms in total. The van der Waals surface area contributed by atoms with E-state index >= 15 is 0 Å². The number of methoxy groups -OCH3 is 2. The largest absolute Gasteiger partial charge is 0.493 e. The molecule has 1 amide bonds. The topological polar surface area (TPSA) is 89.7 Å². The van der Waals surface area contributed by atoms with E-state index in [1.807, 2.05) is 6.07 Å². The number of rotatable bonds is 7. The second kappa shape index (κ2) is 10.3. The van der Waals surface area contributed by atoms with Crippen molar-refractivity contribution in [2.24, 2.45) is 5.92 Å². The zero-order valence-electron chi connectivity index (χ0n) is 19.3. The highest BCUT2D eigenvalue weighted by Crippen LogP contribution is 2.32. The summed E-state index contributed by atoms with van der Waals surface area (Å²) in [6, 6.07) is 9.99. The molecule has 1 aliphatic rings. The van der Waals surface area contributed by atoms with Gasteiger partial charge in [-0.2, -0.15) is 18.2 Å². The Morgan fingerprint density at radius 2 is 1.86 bits per heavy atom. The van der Waals surface area contributed by atoms with Crippen molar-refractivity contribution in [3.8, 4) is 22.9 Å². The van der Waals surface area contributed by atoms with Gasteiger partial charge >= 0.3 is 6.18 Å². The number of ether oxygens (including phenoxy) is 2. The van der Waals surface area contributed by atoms with E-state index in [1.165, 1.54) is 12.1 Å². The van der Waals surface area contributed by atoms with Crippen molar-refractivity contribution in [3.63, 3.8) is 0 Å². The predicted molar refractivity (Wildman–Crippen MR) is 121 cm³/mol. The summed E-state index contributed by atoms with van der Waals surface area (Å²) < 4.78 is 54.6. The van der Waals surface area contributed by atoms with Gasteiger partial charge in [0.1, 0.15) is 0 Å². The second-order valence-electron chi connectivity index (χ2n) is 8.20. The van der Waals surface area contributed by atoms with Crippen molar-refractivity contribution in [1.29, 1.82) is 0 Å². The van der Waals surface area contributed by atoms with Crippen molar-refractivity contribution in [1.82, 2.24) is 15.0 Å². The van der Waals surface area contributed by atoms with Crippen LogP contribution >= 0.6 is 0 Å². The highest BCUT2D eigenvalue weighted by Gasteiger charge is 2.31. The van der Waals surface area contributed by atoms with Gasteiger partial charge in [0.2, 0.25) is 17.6 Å². The lowest BCUT2D eigenvalue weighted by atomic mass is 9.95. The SMILES string of the molecule is COc1ccc(-c2noc(CN3CCC(C(=O)Nc4cccc(C(F)(F)F)c4)CC3)n2)cc1OC. The maximum absolute atomic E-state index is 12.9. The van der Waals surface area contributed by atoms with Crippen LogP contribution in [-0.2, 0) is 17.5 Å². The molecule has 2 heterocycles. The predicted octanol–water partition coefficient (Wildman–Crippen LogP) is 4.62. The Kier molecular flexibility index (Phi) is 7.25. The molecule has 1 aliphatic heterocycles. The second-order valence-corrected chi connectivity index (χ2v) is 8.20. The lowest BCUT2D eigenvalue weighted by molar-refractivity contribution is -0.137. The van der Waals surface area contributed by atoms with Crippen LogP contribution in [0.25, 0.3) is 11.4 Å². The normalized spacial score (nSPS) is 15.1. The Morgan fingerprint density at radius 3 is 2.54 bits per heavy atom. The number of carbonyl (C=O) groups excluding carboxylic acids is 1. The molecule has 0 aliphatic carbocycles. The van der Waals surface area contributed by atoms with Gasteiger partial charge in [-0.1, -0.05) is 11.2 Å². The van der Waals surface area contributed by atoms with E-state index in [0.29, 0.717) is 55.7 Å².